The number of ether oxygens (including phenoxy) is 2. The molecule has 0 aliphatic rings. The van der Waals surface area contributed by atoms with Gasteiger partial charge in [-0.3, -0.25) is 0 Å². The molecule has 0 saturated carbocycles. The van der Waals surface area contributed by atoms with E-state index in [2.05, 4.69) is 4.74 Å². The predicted molar refractivity (Wildman–Crippen MR) is 75.7 cm³/mol. The lowest BCUT2D eigenvalue weighted by molar-refractivity contribution is 0.177. The molecule has 0 heterocycles. The van der Waals surface area contributed by atoms with Gasteiger partial charge in [0.15, 0.2) is 0 Å². The Balaban J connectivity index is 2.14. The van der Waals surface area contributed by atoms with Crippen molar-refractivity contribution in [1.82, 2.24) is 4.72 Å². The third-order valence-electron chi connectivity index (χ3n) is 2.52. The lowest BCUT2D eigenvalue weighted by Gasteiger charge is -2.08. The highest BCUT2D eigenvalue weighted by molar-refractivity contribution is 7.90. The van der Waals surface area contributed by atoms with Crippen LogP contribution >= 0.6 is 0 Å². The quantitative estimate of drug-likeness (QED) is 0.938. The molecule has 0 fully saturated rings. The Labute approximate surface area is 122 Å². The summed E-state index contributed by atoms with van der Waals surface area (Å²) in [6.07, 6.45) is -1.04. The topological polar surface area (TPSA) is 81.7 Å². The molecule has 0 bridgehead atoms. The van der Waals surface area contributed by atoms with Gasteiger partial charge in [0, 0.05) is 0 Å². The second-order valence-electron chi connectivity index (χ2n) is 3.98. The molecule has 0 saturated heterocycles. The van der Waals surface area contributed by atoms with Crippen molar-refractivity contribution in [2.45, 2.75) is 4.90 Å². The SMILES string of the molecule is COC(=O)NS(=O)(=O)c1ccc(Oc2ccccc2)cc1. The molecule has 0 unspecified atom stereocenters. The Morgan fingerprint density at radius 2 is 1.52 bits per heavy atom. The van der Waals surface area contributed by atoms with Crippen molar-refractivity contribution in [3.05, 3.63) is 54.6 Å². The molecule has 110 valence electrons. The predicted octanol–water partition coefficient (Wildman–Crippen LogP) is 2.52. The molecule has 2 aromatic carbocycles. The number of nitrogens with one attached hydrogen (secondary N) is 1. The summed E-state index contributed by atoms with van der Waals surface area (Å²) in [6.45, 7) is 0. The minimum absolute atomic E-state index is 0.0617. The maximum Gasteiger partial charge on any atom is 0.420 e. The normalized spacial score (nSPS) is 10.7. The lowest BCUT2D eigenvalue weighted by atomic mass is 10.3. The summed E-state index contributed by atoms with van der Waals surface area (Å²) >= 11 is 0. The van der Waals surface area contributed by atoms with Crippen LogP contribution < -0.4 is 9.46 Å². The molecule has 0 spiro atoms. The van der Waals surface area contributed by atoms with Gasteiger partial charge < -0.3 is 9.47 Å². The smallest absolute Gasteiger partial charge is 0.420 e. The Hall–Kier alpha value is -2.54. The minimum Gasteiger partial charge on any atom is -0.457 e. The largest absolute Gasteiger partial charge is 0.457 e. The third-order valence-corrected chi connectivity index (χ3v) is 3.84. The Bertz CT molecular complexity index is 711. The van der Waals surface area contributed by atoms with Gasteiger partial charge in [0.05, 0.1) is 12.0 Å². The summed E-state index contributed by atoms with van der Waals surface area (Å²) in [5, 5.41) is 0. The van der Waals surface area contributed by atoms with Gasteiger partial charge in [-0.25, -0.2) is 17.9 Å². The van der Waals surface area contributed by atoms with Crippen molar-refractivity contribution in [3.63, 3.8) is 0 Å². The van der Waals surface area contributed by atoms with E-state index in [4.69, 9.17) is 4.74 Å². The van der Waals surface area contributed by atoms with Gasteiger partial charge >= 0.3 is 6.09 Å². The fourth-order valence-electron chi connectivity index (χ4n) is 1.52. The molecule has 6 nitrogen and oxygen atoms in total. The van der Waals surface area contributed by atoms with E-state index in [1.165, 1.54) is 24.3 Å². The second-order valence-corrected chi connectivity index (χ2v) is 5.67. The number of hydrogen-bond acceptors (Lipinski definition) is 5. The molecule has 0 aliphatic heterocycles. The Kier molecular flexibility index (Phi) is 4.44. The van der Waals surface area contributed by atoms with Crippen LogP contribution in [0.4, 0.5) is 4.79 Å². The first kappa shape index (κ1) is 14.9. The summed E-state index contributed by atoms with van der Waals surface area (Å²) < 4.78 is 35.2. The molecule has 1 N–H and O–H groups in total. The lowest BCUT2D eigenvalue weighted by Crippen LogP contribution is -2.30. The zero-order valence-corrected chi connectivity index (χ0v) is 12.0. The maximum absolute atomic E-state index is 11.8. The highest BCUT2D eigenvalue weighted by atomic mass is 32.2. The molecule has 0 aromatic heterocycles. The van der Waals surface area contributed by atoms with Crippen LogP contribution in [0.5, 0.6) is 11.5 Å². The van der Waals surface area contributed by atoms with Gasteiger partial charge in [0.25, 0.3) is 10.0 Å². The van der Waals surface area contributed by atoms with E-state index in [0.717, 1.165) is 7.11 Å². The highest BCUT2D eigenvalue weighted by Gasteiger charge is 2.17. The minimum atomic E-state index is -3.94. The molecule has 1 amide bonds. The van der Waals surface area contributed by atoms with Gasteiger partial charge in [-0.1, -0.05) is 18.2 Å². The molecule has 2 aromatic rings. The number of sulfonamides is 1. The molecule has 21 heavy (non-hydrogen) atoms. The van der Waals surface area contributed by atoms with E-state index >= 15 is 0 Å². The summed E-state index contributed by atoms with van der Waals surface area (Å²) in [5.41, 5.74) is 0. The molecule has 0 aliphatic carbocycles. The van der Waals surface area contributed by atoms with Crippen LogP contribution in [-0.4, -0.2) is 21.6 Å². The summed E-state index contributed by atoms with van der Waals surface area (Å²) in [5.74, 6) is 1.12. The summed E-state index contributed by atoms with van der Waals surface area (Å²) in [7, 11) is -2.86. The summed E-state index contributed by atoms with van der Waals surface area (Å²) in [4.78, 5) is 10.9. The number of hydrogen-bond donors (Lipinski definition) is 1. The fourth-order valence-corrected chi connectivity index (χ4v) is 2.44. The zero-order chi connectivity index (χ0) is 15.3. The number of para-hydroxylation sites is 1. The molecule has 2 rings (SSSR count). The average Bonchev–Trinajstić information content (AvgIpc) is 2.48. The number of benzene rings is 2. The van der Waals surface area contributed by atoms with Crippen LogP contribution in [0.1, 0.15) is 0 Å². The summed E-state index contributed by atoms with van der Waals surface area (Å²) in [6, 6.07) is 14.8. The first-order chi connectivity index (χ1) is 10.0. The molecular weight excluding hydrogens is 294 g/mol. The maximum atomic E-state index is 11.8. The van der Waals surface area contributed by atoms with Crippen LogP contribution in [0.2, 0.25) is 0 Å². The van der Waals surface area contributed by atoms with Crippen molar-refractivity contribution < 1.29 is 22.7 Å². The van der Waals surface area contributed by atoms with E-state index in [0.29, 0.717) is 11.5 Å². The van der Waals surface area contributed by atoms with E-state index in [9.17, 15) is 13.2 Å². The van der Waals surface area contributed by atoms with E-state index in [1.807, 2.05) is 18.2 Å². The van der Waals surface area contributed by atoms with Crippen LogP contribution in [-0.2, 0) is 14.8 Å². The standard InChI is InChI=1S/C14H13NO5S/c1-19-14(16)15-21(17,18)13-9-7-12(8-10-13)20-11-5-3-2-4-6-11/h2-10H,1H3,(H,15,16). The molecule has 0 atom stereocenters. The number of rotatable bonds is 4. The Morgan fingerprint density at radius 1 is 0.952 bits per heavy atom. The van der Waals surface area contributed by atoms with Crippen molar-refractivity contribution in [2.24, 2.45) is 0 Å². The number of amides is 1. The van der Waals surface area contributed by atoms with E-state index in [1.54, 1.807) is 16.9 Å². The van der Waals surface area contributed by atoms with E-state index in [-0.39, 0.29) is 4.90 Å². The highest BCUT2D eigenvalue weighted by Crippen LogP contribution is 2.22. The average molecular weight is 307 g/mol. The first-order valence-electron chi connectivity index (χ1n) is 5.95. The zero-order valence-electron chi connectivity index (χ0n) is 11.1. The van der Waals surface area contributed by atoms with Crippen molar-refractivity contribution in [2.75, 3.05) is 7.11 Å². The fraction of sp³-hybridized carbons (Fsp3) is 0.0714. The van der Waals surface area contributed by atoms with Gasteiger partial charge in [-0.05, 0) is 36.4 Å². The van der Waals surface area contributed by atoms with Crippen molar-refractivity contribution in [3.8, 4) is 11.5 Å². The van der Waals surface area contributed by atoms with Gasteiger partial charge in [0.2, 0.25) is 0 Å². The van der Waals surface area contributed by atoms with Crippen LogP contribution in [0.3, 0.4) is 0 Å². The van der Waals surface area contributed by atoms with E-state index < -0.39 is 16.1 Å². The monoisotopic (exact) mass is 307 g/mol. The number of methoxy groups -OCH3 is 1. The van der Waals surface area contributed by atoms with Crippen LogP contribution in [0.25, 0.3) is 0 Å². The van der Waals surface area contributed by atoms with Crippen molar-refractivity contribution >= 4 is 16.1 Å². The number of carbonyl (C=O) groups is 1. The molecular formula is C14H13NO5S. The van der Waals surface area contributed by atoms with Gasteiger partial charge in [-0.15, -0.1) is 0 Å². The van der Waals surface area contributed by atoms with Gasteiger partial charge in [0.1, 0.15) is 11.5 Å². The van der Waals surface area contributed by atoms with Crippen LogP contribution in [0.15, 0.2) is 59.5 Å². The Morgan fingerprint density at radius 3 is 2.10 bits per heavy atom. The second kappa shape index (κ2) is 6.27. The molecule has 7 heteroatoms. The van der Waals surface area contributed by atoms with Crippen molar-refractivity contribution in [1.29, 1.82) is 0 Å². The number of carbonyl (C=O) groups excluding carboxylic acids is 1. The molecule has 0 radical (unpaired) electrons. The van der Waals surface area contributed by atoms with Crippen LogP contribution in [0, 0.1) is 0 Å². The third kappa shape index (κ3) is 3.96. The first-order valence-corrected chi connectivity index (χ1v) is 7.43. The van der Waals surface area contributed by atoms with Gasteiger partial charge in [-0.2, -0.15) is 0 Å².